The normalized spacial score (nSPS) is 18.1. The number of piperazine rings is 1. The maximum atomic E-state index is 13.0. The molecule has 2 aromatic carbocycles. The standard InChI is InChI=1S/C28H41N5O4S/c1-22-21-26(37-4)9-10-27(22)38(35,36)31(3)16-13-28(34)29-23-5-7-24(8-6-23)32-17-19-33(20-18-32)25-11-14-30(2)15-12-25/h5-10,21,25H,11-20H2,1-4H3,(H,29,34). The molecule has 208 valence electrons. The molecule has 9 nitrogen and oxygen atoms in total. The van der Waals surface area contributed by atoms with Gasteiger partial charge in [0.2, 0.25) is 15.9 Å². The average Bonchev–Trinajstić information content (AvgIpc) is 2.92. The van der Waals surface area contributed by atoms with Gasteiger partial charge in [0.1, 0.15) is 5.75 Å². The van der Waals surface area contributed by atoms with Crippen molar-refractivity contribution in [2.45, 2.75) is 37.1 Å². The Morgan fingerprint density at radius 2 is 1.68 bits per heavy atom. The van der Waals surface area contributed by atoms with E-state index in [-0.39, 0.29) is 23.8 Å². The lowest BCUT2D eigenvalue weighted by molar-refractivity contribution is -0.116. The average molecular weight is 544 g/mol. The topological polar surface area (TPSA) is 85.4 Å². The minimum atomic E-state index is -3.71. The van der Waals surface area contributed by atoms with Crippen LogP contribution >= 0.6 is 0 Å². The zero-order chi connectivity index (χ0) is 27.3. The molecule has 2 saturated heterocycles. The number of hydrogen-bond acceptors (Lipinski definition) is 7. The van der Waals surface area contributed by atoms with Crippen molar-refractivity contribution in [3.05, 3.63) is 48.0 Å². The lowest BCUT2D eigenvalue weighted by atomic mass is 10.0. The van der Waals surface area contributed by atoms with E-state index in [9.17, 15) is 13.2 Å². The first-order valence-corrected chi connectivity index (χ1v) is 14.8. The van der Waals surface area contributed by atoms with E-state index < -0.39 is 10.0 Å². The zero-order valence-corrected chi connectivity index (χ0v) is 23.8. The van der Waals surface area contributed by atoms with E-state index >= 15 is 0 Å². The molecule has 0 unspecified atom stereocenters. The molecule has 0 aromatic heterocycles. The summed E-state index contributed by atoms with van der Waals surface area (Å²) in [5, 5.41) is 2.89. The fraction of sp³-hybridized carbons (Fsp3) is 0.536. The number of carbonyl (C=O) groups is 1. The summed E-state index contributed by atoms with van der Waals surface area (Å²) in [7, 11) is 1.53. The summed E-state index contributed by atoms with van der Waals surface area (Å²) in [5.41, 5.74) is 2.47. The molecule has 2 heterocycles. The van der Waals surface area contributed by atoms with Crippen LogP contribution in [0.3, 0.4) is 0 Å². The van der Waals surface area contributed by atoms with Crippen LogP contribution in [0.4, 0.5) is 11.4 Å². The maximum Gasteiger partial charge on any atom is 0.243 e. The molecule has 2 aliphatic heterocycles. The highest BCUT2D eigenvalue weighted by Crippen LogP contribution is 2.25. The molecule has 0 saturated carbocycles. The molecule has 0 aliphatic carbocycles. The smallest absolute Gasteiger partial charge is 0.243 e. The fourth-order valence-corrected chi connectivity index (χ4v) is 6.64. The van der Waals surface area contributed by atoms with Gasteiger partial charge >= 0.3 is 0 Å². The second-order valence-corrected chi connectivity index (χ2v) is 12.4. The summed E-state index contributed by atoms with van der Waals surface area (Å²) in [6, 6.07) is 13.5. The van der Waals surface area contributed by atoms with Crippen molar-refractivity contribution in [3.63, 3.8) is 0 Å². The van der Waals surface area contributed by atoms with Crippen molar-refractivity contribution in [2.24, 2.45) is 0 Å². The first-order valence-electron chi connectivity index (χ1n) is 13.4. The van der Waals surface area contributed by atoms with E-state index in [1.54, 1.807) is 26.2 Å². The van der Waals surface area contributed by atoms with Gasteiger partial charge in [0.15, 0.2) is 0 Å². The summed E-state index contributed by atoms with van der Waals surface area (Å²) in [6.07, 6.45) is 2.58. The Bertz CT molecular complexity index is 1190. The monoisotopic (exact) mass is 543 g/mol. The highest BCUT2D eigenvalue weighted by Gasteiger charge is 2.27. The van der Waals surface area contributed by atoms with Gasteiger partial charge in [0.25, 0.3) is 0 Å². The van der Waals surface area contributed by atoms with Crippen molar-refractivity contribution in [1.82, 2.24) is 14.1 Å². The highest BCUT2D eigenvalue weighted by molar-refractivity contribution is 7.89. The predicted molar refractivity (Wildman–Crippen MR) is 152 cm³/mol. The number of sulfonamides is 1. The molecule has 0 spiro atoms. The highest BCUT2D eigenvalue weighted by atomic mass is 32.2. The summed E-state index contributed by atoms with van der Waals surface area (Å²) in [6.45, 7) is 8.37. The number of methoxy groups -OCH3 is 1. The van der Waals surface area contributed by atoms with Crippen molar-refractivity contribution in [3.8, 4) is 5.75 Å². The number of anilines is 2. The SMILES string of the molecule is COc1ccc(S(=O)(=O)N(C)CCC(=O)Nc2ccc(N3CCN(C4CCN(C)CC4)CC3)cc2)c(C)c1. The van der Waals surface area contributed by atoms with E-state index in [1.807, 2.05) is 24.3 Å². The predicted octanol–water partition coefficient (Wildman–Crippen LogP) is 2.87. The molecule has 2 fully saturated rings. The molecule has 0 bridgehead atoms. The number of benzene rings is 2. The first kappa shape index (κ1) is 28.4. The number of aryl methyl sites for hydroxylation is 1. The number of likely N-dealkylation sites (tertiary alicyclic amines) is 1. The molecular weight excluding hydrogens is 502 g/mol. The van der Waals surface area contributed by atoms with Crippen molar-refractivity contribution < 1.29 is 17.9 Å². The molecule has 1 N–H and O–H groups in total. The van der Waals surface area contributed by atoms with Gasteiger partial charge in [-0.2, -0.15) is 0 Å². The van der Waals surface area contributed by atoms with Crippen LogP contribution in [0.25, 0.3) is 0 Å². The molecule has 4 rings (SSSR count). The summed E-state index contributed by atoms with van der Waals surface area (Å²) in [5.74, 6) is 0.377. The van der Waals surface area contributed by atoms with Gasteiger partial charge in [0, 0.05) is 63.6 Å². The first-order chi connectivity index (χ1) is 18.2. The Labute approximate surface area is 227 Å². The molecule has 0 radical (unpaired) electrons. The molecule has 38 heavy (non-hydrogen) atoms. The van der Waals surface area contributed by atoms with Gasteiger partial charge in [-0.1, -0.05) is 0 Å². The van der Waals surface area contributed by atoms with Gasteiger partial charge in [-0.05, 0) is 87.9 Å². The third kappa shape index (κ3) is 6.85. The number of nitrogens with one attached hydrogen (secondary N) is 1. The van der Waals surface area contributed by atoms with E-state index in [0.717, 1.165) is 31.9 Å². The lowest BCUT2D eigenvalue weighted by Gasteiger charge is -2.42. The van der Waals surface area contributed by atoms with Crippen molar-refractivity contribution >= 4 is 27.3 Å². The Morgan fingerprint density at radius 1 is 1.03 bits per heavy atom. The van der Waals surface area contributed by atoms with Crippen LogP contribution in [0.5, 0.6) is 5.75 Å². The van der Waals surface area contributed by atoms with Crippen molar-refractivity contribution in [1.29, 1.82) is 0 Å². The van der Waals surface area contributed by atoms with Crippen LogP contribution < -0.4 is 15.0 Å². The van der Waals surface area contributed by atoms with E-state index in [2.05, 4.69) is 27.1 Å². The molecule has 2 aliphatic rings. The van der Waals surface area contributed by atoms with Crippen LogP contribution in [0.1, 0.15) is 24.8 Å². The van der Waals surface area contributed by atoms with Gasteiger partial charge in [-0.3, -0.25) is 9.69 Å². The molecule has 0 atom stereocenters. The van der Waals surface area contributed by atoms with Gasteiger partial charge in [-0.25, -0.2) is 12.7 Å². The summed E-state index contributed by atoms with van der Waals surface area (Å²) < 4.78 is 32.3. The largest absolute Gasteiger partial charge is 0.497 e. The summed E-state index contributed by atoms with van der Waals surface area (Å²) >= 11 is 0. The second-order valence-electron chi connectivity index (χ2n) is 10.4. The minimum Gasteiger partial charge on any atom is -0.497 e. The number of ether oxygens (including phenoxy) is 1. The van der Waals surface area contributed by atoms with E-state index in [0.29, 0.717) is 23.0 Å². The van der Waals surface area contributed by atoms with Crippen LogP contribution in [-0.4, -0.2) is 101 Å². The maximum absolute atomic E-state index is 13.0. The third-order valence-corrected chi connectivity index (χ3v) is 9.78. The summed E-state index contributed by atoms with van der Waals surface area (Å²) in [4.78, 5) is 20.2. The number of hydrogen-bond donors (Lipinski definition) is 1. The molecule has 1 amide bonds. The molecule has 10 heteroatoms. The molecule has 2 aromatic rings. The number of carbonyl (C=O) groups excluding carboxylic acids is 1. The Morgan fingerprint density at radius 3 is 2.29 bits per heavy atom. The van der Waals surface area contributed by atoms with Crippen LogP contribution in [0.15, 0.2) is 47.4 Å². The minimum absolute atomic E-state index is 0.0611. The Kier molecular flexibility index (Phi) is 9.30. The number of amides is 1. The van der Waals surface area contributed by atoms with Gasteiger partial charge in [0.05, 0.1) is 12.0 Å². The second kappa shape index (κ2) is 12.5. The van der Waals surface area contributed by atoms with Crippen LogP contribution in [-0.2, 0) is 14.8 Å². The van der Waals surface area contributed by atoms with Crippen molar-refractivity contribution in [2.75, 3.05) is 77.2 Å². The van der Waals surface area contributed by atoms with Crippen LogP contribution in [0.2, 0.25) is 0 Å². The zero-order valence-electron chi connectivity index (χ0n) is 23.0. The Balaban J connectivity index is 1.24. The van der Waals surface area contributed by atoms with E-state index in [4.69, 9.17) is 4.74 Å². The Hall–Kier alpha value is -2.66. The van der Waals surface area contributed by atoms with Crippen LogP contribution in [0, 0.1) is 6.92 Å². The molecular formula is C28H41N5O4S. The lowest BCUT2D eigenvalue weighted by Crippen LogP contribution is -2.53. The van der Waals surface area contributed by atoms with Gasteiger partial charge < -0.3 is 19.9 Å². The fourth-order valence-electron chi connectivity index (χ4n) is 5.27. The number of piperidine rings is 1. The van der Waals surface area contributed by atoms with E-state index in [1.165, 1.54) is 43.4 Å². The third-order valence-electron chi connectivity index (χ3n) is 7.76. The number of nitrogens with zero attached hydrogens (tertiary/aromatic N) is 4. The number of rotatable bonds is 9. The quantitative estimate of drug-likeness (QED) is 0.521. The van der Waals surface area contributed by atoms with Gasteiger partial charge in [-0.15, -0.1) is 0 Å².